The Kier molecular flexibility index (Phi) is 6.61. The summed E-state index contributed by atoms with van der Waals surface area (Å²) in [7, 11) is 4.41. The van der Waals surface area contributed by atoms with Crippen LogP contribution in [-0.4, -0.2) is 50.3 Å². The molecule has 1 aliphatic rings. The Morgan fingerprint density at radius 3 is 2.33 bits per heavy atom. The van der Waals surface area contributed by atoms with E-state index in [0.29, 0.717) is 6.04 Å². The Bertz CT molecular complexity index is 227. The number of rotatable bonds is 7. The highest BCUT2D eigenvalue weighted by molar-refractivity contribution is 4.95. The van der Waals surface area contributed by atoms with Crippen LogP contribution >= 0.6 is 0 Å². The Morgan fingerprint density at radius 2 is 1.89 bits per heavy atom. The molecule has 108 valence electrons. The molecule has 0 aromatic carbocycles. The molecule has 1 fully saturated rings. The van der Waals surface area contributed by atoms with E-state index in [0.717, 1.165) is 25.7 Å². The van der Waals surface area contributed by atoms with E-state index in [1.54, 1.807) is 0 Å². The van der Waals surface area contributed by atoms with Crippen molar-refractivity contribution in [2.24, 2.45) is 5.92 Å². The molecule has 0 bridgehead atoms. The third-order valence-corrected chi connectivity index (χ3v) is 4.85. The molecule has 18 heavy (non-hydrogen) atoms. The van der Waals surface area contributed by atoms with Crippen LogP contribution in [0.15, 0.2) is 0 Å². The van der Waals surface area contributed by atoms with Gasteiger partial charge in [0.2, 0.25) is 0 Å². The summed E-state index contributed by atoms with van der Waals surface area (Å²) in [6.45, 7) is 9.86. The Hall–Kier alpha value is -0.120. The molecule has 0 aromatic rings. The highest BCUT2D eigenvalue weighted by atomic mass is 16.5. The number of nitrogens with one attached hydrogen (secondary N) is 1. The van der Waals surface area contributed by atoms with E-state index >= 15 is 0 Å². The highest BCUT2D eigenvalue weighted by Gasteiger charge is 2.35. The molecule has 1 rings (SSSR count). The van der Waals surface area contributed by atoms with Crippen LogP contribution in [0.4, 0.5) is 0 Å². The second-order valence-electron chi connectivity index (χ2n) is 6.01. The van der Waals surface area contributed by atoms with Crippen molar-refractivity contribution < 1.29 is 4.74 Å². The van der Waals surface area contributed by atoms with E-state index in [2.05, 4.69) is 45.1 Å². The van der Waals surface area contributed by atoms with Crippen molar-refractivity contribution in [1.29, 1.82) is 0 Å². The van der Waals surface area contributed by atoms with Crippen molar-refractivity contribution in [3.63, 3.8) is 0 Å². The third-order valence-electron chi connectivity index (χ3n) is 4.85. The average Bonchev–Trinajstić information content (AvgIpc) is 2.38. The standard InChI is InChI=1S/C15H32N2O/c1-6-15(3,17(4)5)14(16-7-2)12-13-8-10-18-11-9-13/h13-14,16H,6-12H2,1-5H3. The van der Waals surface area contributed by atoms with Gasteiger partial charge >= 0.3 is 0 Å². The molecule has 3 heteroatoms. The summed E-state index contributed by atoms with van der Waals surface area (Å²) in [5.41, 5.74) is 0.244. The summed E-state index contributed by atoms with van der Waals surface area (Å²) in [5.74, 6) is 0.827. The molecule has 1 aliphatic heterocycles. The predicted molar refractivity (Wildman–Crippen MR) is 78.0 cm³/mol. The topological polar surface area (TPSA) is 24.5 Å². The van der Waals surface area contributed by atoms with Crippen LogP contribution < -0.4 is 5.32 Å². The summed E-state index contributed by atoms with van der Waals surface area (Å²) in [5, 5.41) is 3.72. The smallest absolute Gasteiger partial charge is 0.0468 e. The summed E-state index contributed by atoms with van der Waals surface area (Å²) >= 11 is 0. The molecule has 1 N–H and O–H groups in total. The first-order valence-corrected chi connectivity index (χ1v) is 7.53. The molecule has 2 unspecified atom stereocenters. The lowest BCUT2D eigenvalue weighted by atomic mass is 9.80. The molecule has 0 aromatic heterocycles. The van der Waals surface area contributed by atoms with Gasteiger partial charge in [0.25, 0.3) is 0 Å². The first kappa shape index (κ1) is 15.9. The first-order chi connectivity index (χ1) is 8.54. The fourth-order valence-corrected chi connectivity index (χ4v) is 2.99. The minimum Gasteiger partial charge on any atom is -0.381 e. The number of ether oxygens (including phenoxy) is 1. The fraction of sp³-hybridized carbons (Fsp3) is 1.00. The van der Waals surface area contributed by atoms with E-state index in [4.69, 9.17) is 4.74 Å². The zero-order valence-corrected chi connectivity index (χ0v) is 13.0. The van der Waals surface area contributed by atoms with Gasteiger partial charge in [-0.25, -0.2) is 0 Å². The molecule has 1 heterocycles. The Morgan fingerprint density at radius 1 is 1.28 bits per heavy atom. The minimum atomic E-state index is 0.244. The number of likely N-dealkylation sites (N-methyl/N-ethyl adjacent to an activating group) is 2. The van der Waals surface area contributed by atoms with E-state index in [-0.39, 0.29) is 5.54 Å². The van der Waals surface area contributed by atoms with Gasteiger partial charge < -0.3 is 15.0 Å². The van der Waals surface area contributed by atoms with E-state index < -0.39 is 0 Å². The maximum atomic E-state index is 5.47. The molecule has 0 saturated carbocycles. The van der Waals surface area contributed by atoms with Gasteiger partial charge in [-0.2, -0.15) is 0 Å². The van der Waals surface area contributed by atoms with Gasteiger partial charge in [-0.1, -0.05) is 13.8 Å². The molecular formula is C15H32N2O. The van der Waals surface area contributed by atoms with Crippen LogP contribution in [-0.2, 0) is 4.74 Å². The minimum absolute atomic E-state index is 0.244. The van der Waals surface area contributed by atoms with Gasteiger partial charge in [0.1, 0.15) is 0 Å². The van der Waals surface area contributed by atoms with Crippen molar-refractivity contribution in [3.8, 4) is 0 Å². The Labute approximate surface area is 113 Å². The normalized spacial score (nSPS) is 23.0. The SMILES string of the molecule is CCNC(CC1CCOCC1)C(C)(CC)N(C)C. The van der Waals surface area contributed by atoms with Crippen LogP contribution in [0.5, 0.6) is 0 Å². The van der Waals surface area contributed by atoms with Crippen LogP contribution in [0.25, 0.3) is 0 Å². The maximum Gasteiger partial charge on any atom is 0.0468 e. The highest BCUT2D eigenvalue weighted by Crippen LogP contribution is 2.29. The summed E-state index contributed by atoms with van der Waals surface area (Å²) < 4.78 is 5.47. The van der Waals surface area contributed by atoms with E-state index in [1.165, 1.54) is 25.7 Å². The average molecular weight is 256 g/mol. The fourth-order valence-electron chi connectivity index (χ4n) is 2.99. The molecular weight excluding hydrogens is 224 g/mol. The van der Waals surface area contributed by atoms with Gasteiger partial charge in [0.05, 0.1) is 0 Å². The lowest BCUT2D eigenvalue weighted by molar-refractivity contribution is 0.0432. The molecule has 2 atom stereocenters. The predicted octanol–water partition coefficient (Wildman–Crippen LogP) is 2.51. The largest absolute Gasteiger partial charge is 0.381 e. The van der Waals surface area contributed by atoms with Gasteiger partial charge in [-0.15, -0.1) is 0 Å². The lowest BCUT2D eigenvalue weighted by Gasteiger charge is -2.44. The number of nitrogens with zero attached hydrogens (tertiary/aromatic N) is 1. The van der Waals surface area contributed by atoms with Crippen LogP contribution in [0.3, 0.4) is 0 Å². The molecule has 3 nitrogen and oxygen atoms in total. The molecule has 0 amide bonds. The Balaban J connectivity index is 2.67. The van der Waals surface area contributed by atoms with E-state index in [1.807, 2.05) is 0 Å². The van der Waals surface area contributed by atoms with Gasteiger partial charge in [0, 0.05) is 24.8 Å². The van der Waals surface area contributed by atoms with Crippen molar-refractivity contribution in [3.05, 3.63) is 0 Å². The van der Waals surface area contributed by atoms with Crippen LogP contribution in [0, 0.1) is 5.92 Å². The summed E-state index contributed by atoms with van der Waals surface area (Å²) in [4.78, 5) is 2.39. The zero-order valence-electron chi connectivity index (χ0n) is 13.0. The van der Waals surface area contributed by atoms with Crippen molar-refractivity contribution >= 4 is 0 Å². The van der Waals surface area contributed by atoms with Crippen molar-refractivity contribution in [1.82, 2.24) is 10.2 Å². The summed E-state index contributed by atoms with van der Waals surface area (Å²) in [6, 6.07) is 0.575. The summed E-state index contributed by atoms with van der Waals surface area (Å²) in [6.07, 6.45) is 4.92. The van der Waals surface area contributed by atoms with Gasteiger partial charge in [-0.05, 0) is 59.2 Å². The second-order valence-corrected chi connectivity index (χ2v) is 6.01. The third kappa shape index (κ3) is 3.94. The molecule has 0 radical (unpaired) electrons. The zero-order chi connectivity index (χ0) is 13.6. The first-order valence-electron chi connectivity index (χ1n) is 7.53. The maximum absolute atomic E-state index is 5.47. The monoisotopic (exact) mass is 256 g/mol. The molecule has 0 aliphatic carbocycles. The quantitative estimate of drug-likeness (QED) is 0.757. The van der Waals surface area contributed by atoms with Crippen molar-refractivity contribution in [2.45, 2.75) is 58.0 Å². The number of hydrogen-bond donors (Lipinski definition) is 1. The molecule has 0 spiro atoms. The van der Waals surface area contributed by atoms with Gasteiger partial charge in [0.15, 0.2) is 0 Å². The van der Waals surface area contributed by atoms with Gasteiger partial charge in [-0.3, -0.25) is 0 Å². The second kappa shape index (κ2) is 7.46. The van der Waals surface area contributed by atoms with Crippen LogP contribution in [0.2, 0.25) is 0 Å². The van der Waals surface area contributed by atoms with E-state index in [9.17, 15) is 0 Å². The van der Waals surface area contributed by atoms with Crippen LogP contribution in [0.1, 0.15) is 46.5 Å². The lowest BCUT2D eigenvalue weighted by Crippen LogP contribution is -2.57. The molecule has 1 saturated heterocycles. The number of hydrogen-bond acceptors (Lipinski definition) is 3. The van der Waals surface area contributed by atoms with Crippen molar-refractivity contribution in [2.75, 3.05) is 33.9 Å².